The quantitative estimate of drug-likeness (QED) is 0.688. The maximum atomic E-state index is 5.78. The molecule has 3 heteroatoms. The number of hydrogen-bond donors (Lipinski definition) is 1. The van der Waals surface area contributed by atoms with Gasteiger partial charge >= 0.3 is 0 Å². The standard InChI is InChI=1S/C7H9N.C5H10ClN/c1-6-3-7(2)5-8-4-6;6-5-1-3-7-4-2-5/h3-5H,1-2H3;5,7H,1-4H2. The van der Waals surface area contributed by atoms with Crippen molar-refractivity contribution in [2.45, 2.75) is 32.1 Å². The maximum Gasteiger partial charge on any atom is 0.0360 e. The van der Waals surface area contributed by atoms with Gasteiger partial charge in [-0.3, -0.25) is 4.98 Å². The molecular formula is C12H19ClN2. The monoisotopic (exact) mass is 226 g/mol. The van der Waals surface area contributed by atoms with Gasteiger partial charge in [-0.15, -0.1) is 11.6 Å². The fraction of sp³-hybridized carbons (Fsp3) is 0.583. The molecule has 1 fully saturated rings. The fourth-order valence-electron chi connectivity index (χ4n) is 1.49. The van der Waals surface area contributed by atoms with E-state index in [1.54, 1.807) is 0 Å². The van der Waals surface area contributed by atoms with Crippen LogP contribution < -0.4 is 5.32 Å². The number of piperidine rings is 1. The summed E-state index contributed by atoms with van der Waals surface area (Å²) in [7, 11) is 0. The first kappa shape index (κ1) is 12.5. The van der Waals surface area contributed by atoms with Crippen LogP contribution in [-0.2, 0) is 0 Å². The molecule has 2 rings (SSSR count). The Balaban J connectivity index is 0.000000151. The van der Waals surface area contributed by atoms with E-state index < -0.39 is 0 Å². The molecule has 2 nitrogen and oxygen atoms in total. The lowest BCUT2D eigenvalue weighted by molar-refractivity contribution is 0.526. The number of halogens is 1. The zero-order chi connectivity index (χ0) is 11.1. The molecule has 1 N–H and O–H groups in total. The van der Waals surface area contributed by atoms with Gasteiger partial charge in [-0.2, -0.15) is 0 Å². The van der Waals surface area contributed by atoms with Gasteiger partial charge in [0.05, 0.1) is 0 Å². The SMILES string of the molecule is Cc1cncc(C)c1.ClC1CCNCC1. The van der Waals surface area contributed by atoms with Crippen LogP contribution in [0.5, 0.6) is 0 Å². The molecule has 1 saturated heterocycles. The van der Waals surface area contributed by atoms with Crippen LogP contribution in [0.1, 0.15) is 24.0 Å². The van der Waals surface area contributed by atoms with Crippen LogP contribution in [0.25, 0.3) is 0 Å². The molecule has 2 heterocycles. The highest BCUT2D eigenvalue weighted by Crippen LogP contribution is 2.08. The van der Waals surface area contributed by atoms with E-state index in [2.05, 4.69) is 16.4 Å². The van der Waals surface area contributed by atoms with Gasteiger partial charge in [0.15, 0.2) is 0 Å². The highest BCUT2D eigenvalue weighted by atomic mass is 35.5. The first-order chi connectivity index (χ1) is 7.18. The largest absolute Gasteiger partial charge is 0.317 e. The Morgan fingerprint density at radius 1 is 1.20 bits per heavy atom. The molecule has 15 heavy (non-hydrogen) atoms. The fourth-order valence-corrected chi connectivity index (χ4v) is 1.71. The molecule has 0 atom stereocenters. The minimum atomic E-state index is 0.446. The predicted molar refractivity (Wildman–Crippen MR) is 65.5 cm³/mol. The molecule has 0 aromatic carbocycles. The predicted octanol–water partition coefficient (Wildman–Crippen LogP) is 2.68. The summed E-state index contributed by atoms with van der Waals surface area (Å²) in [5, 5.41) is 3.68. The van der Waals surface area contributed by atoms with Crippen molar-refractivity contribution in [3.05, 3.63) is 29.6 Å². The number of aryl methyl sites for hydroxylation is 2. The third-order valence-electron chi connectivity index (χ3n) is 2.28. The van der Waals surface area contributed by atoms with Gasteiger partial charge in [0.1, 0.15) is 0 Å². The van der Waals surface area contributed by atoms with E-state index in [1.807, 2.05) is 26.2 Å². The molecule has 0 aliphatic carbocycles. The van der Waals surface area contributed by atoms with Crippen LogP contribution in [0.3, 0.4) is 0 Å². The number of nitrogens with one attached hydrogen (secondary N) is 1. The van der Waals surface area contributed by atoms with Crippen molar-refractivity contribution < 1.29 is 0 Å². The Bertz CT molecular complexity index is 265. The number of hydrogen-bond acceptors (Lipinski definition) is 2. The molecule has 0 saturated carbocycles. The molecule has 1 aliphatic rings. The van der Waals surface area contributed by atoms with E-state index in [4.69, 9.17) is 11.6 Å². The van der Waals surface area contributed by atoms with Gasteiger partial charge < -0.3 is 5.32 Å². The van der Waals surface area contributed by atoms with Crippen LogP contribution in [0.4, 0.5) is 0 Å². The minimum absolute atomic E-state index is 0.446. The third kappa shape index (κ3) is 5.75. The lowest BCUT2D eigenvalue weighted by Crippen LogP contribution is -2.27. The summed E-state index contributed by atoms with van der Waals surface area (Å²) in [5.41, 5.74) is 2.45. The second-order valence-corrected chi connectivity index (χ2v) is 4.58. The molecular weight excluding hydrogens is 208 g/mol. The topological polar surface area (TPSA) is 24.9 Å². The van der Waals surface area contributed by atoms with Crippen molar-refractivity contribution in [3.8, 4) is 0 Å². The zero-order valence-corrected chi connectivity index (χ0v) is 10.2. The molecule has 0 radical (unpaired) electrons. The van der Waals surface area contributed by atoms with Crippen LogP contribution in [0.15, 0.2) is 18.5 Å². The molecule has 0 unspecified atom stereocenters. The smallest absolute Gasteiger partial charge is 0.0360 e. The average Bonchev–Trinajstić information content (AvgIpc) is 2.19. The van der Waals surface area contributed by atoms with Crippen molar-refractivity contribution in [1.82, 2.24) is 10.3 Å². The van der Waals surface area contributed by atoms with E-state index in [9.17, 15) is 0 Å². The zero-order valence-electron chi connectivity index (χ0n) is 9.46. The summed E-state index contributed by atoms with van der Waals surface area (Å²) in [5.74, 6) is 0. The number of nitrogens with zero attached hydrogens (tertiary/aromatic N) is 1. The van der Waals surface area contributed by atoms with Gasteiger partial charge in [0, 0.05) is 17.8 Å². The first-order valence-electron chi connectivity index (χ1n) is 5.41. The van der Waals surface area contributed by atoms with E-state index in [1.165, 1.54) is 11.1 Å². The highest BCUT2D eigenvalue weighted by molar-refractivity contribution is 6.20. The Morgan fingerprint density at radius 2 is 1.73 bits per heavy atom. The van der Waals surface area contributed by atoms with Crippen LogP contribution in [0, 0.1) is 13.8 Å². The van der Waals surface area contributed by atoms with E-state index >= 15 is 0 Å². The van der Waals surface area contributed by atoms with Crippen molar-refractivity contribution >= 4 is 11.6 Å². The van der Waals surface area contributed by atoms with Gasteiger partial charge in [-0.1, -0.05) is 6.07 Å². The third-order valence-corrected chi connectivity index (χ3v) is 2.72. The molecule has 0 spiro atoms. The Kier molecular flexibility index (Phi) is 5.66. The lowest BCUT2D eigenvalue weighted by Gasteiger charge is -2.15. The first-order valence-corrected chi connectivity index (χ1v) is 5.85. The van der Waals surface area contributed by atoms with Gasteiger partial charge in [-0.25, -0.2) is 0 Å². The summed E-state index contributed by atoms with van der Waals surface area (Å²) >= 11 is 5.78. The molecule has 0 bridgehead atoms. The maximum absolute atomic E-state index is 5.78. The lowest BCUT2D eigenvalue weighted by atomic mass is 10.2. The van der Waals surface area contributed by atoms with Crippen molar-refractivity contribution in [2.24, 2.45) is 0 Å². The normalized spacial score (nSPS) is 16.7. The summed E-state index contributed by atoms with van der Waals surface area (Å²) in [6.45, 7) is 6.29. The second kappa shape index (κ2) is 6.81. The second-order valence-electron chi connectivity index (χ2n) is 3.96. The number of aromatic nitrogens is 1. The number of pyridine rings is 1. The Hall–Kier alpha value is -0.600. The van der Waals surface area contributed by atoms with Crippen molar-refractivity contribution in [1.29, 1.82) is 0 Å². The highest BCUT2D eigenvalue weighted by Gasteiger charge is 2.07. The van der Waals surface area contributed by atoms with Crippen LogP contribution in [-0.4, -0.2) is 23.5 Å². The van der Waals surface area contributed by atoms with Crippen LogP contribution in [0.2, 0.25) is 0 Å². The minimum Gasteiger partial charge on any atom is -0.317 e. The Morgan fingerprint density at radius 3 is 2.00 bits per heavy atom. The molecule has 1 aromatic heterocycles. The van der Waals surface area contributed by atoms with E-state index in [-0.39, 0.29) is 0 Å². The summed E-state index contributed by atoms with van der Waals surface area (Å²) in [6.07, 6.45) is 5.99. The molecule has 1 aromatic rings. The van der Waals surface area contributed by atoms with E-state index in [0.29, 0.717) is 5.38 Å². The summed E-state index contributed by atoms with van der Waals surface area (Å²) in [6, 6.07) is 2.10. The summed E-state index contributed by atoms with van der Waals surface area (Å²) in [4.78, 5) is 3.98. The van der Waals surface area contributed by atoms with Gasteiger partial charge in [-0.05, 0) is 50.9 Å². The van der Waals surface area contributed by atoms with Crippen molar-refractivity contribution in [3.63, 3.8) is 0 Å². The molecule has 1 aliphatic heterocycles. The van der Waals surface area contributed by atoms with E-state index in [0.717, 1.165) is 25.9 Å². The van der Waals surface area contributed by atoms with Crippen LogP contribution >= 0.6 is 11.6 Å². The number of rotatable bonds is 0. The van der Waals surface area contributed by atoms with Crippen molar-refractivity contribution in [2.75, 3.05) is 13.1 Å². The Labute approximate surface area is 97.1 Å². The molecule has 84 valence electrons. The van der Waals surface area contributed by atoms with Gasteiger partial charge in [0.2, 0.25) is 0 Å². The average molecular weight is 227 g/mol. The summed E-state index contributed by atoms with van der Waals surface area (Å²) < 4.78 is 0. The number of alkyl halides is 1. The molecule has 0 amide bonds. The van der Waals surface area contributed by atoms with Gasteiger partial charge in [0.25, 0.3) is 0 Å².